The molecule has 1 aliphatic rings. The van der Waals surface area contributed by atoms with Crippen molar-refractivity contribution >= 4 is 15.9 Å². The van der Waals surface area contributed by atoms with E-state index in [1.54, 1.807) is 6.20 Å². The van der Waals surface area contributed by atoms with E-state index in [4.69, 9.17) is 0 Å². The summed E-state index contributed by atoms with van der Waals surface area (Å²) in [4.78, 5) is 0. The Labute approximate surface area is 117 Å². The second-order valence-electron chi connectivity index (χ2n) is 5.74. The van der Waals surface area contributed by atoms with Gasteiger partial charge in [-0.15, -0.1) is 0 Å². The Morgan fingerprint density at radius 2 is 2.28 bits per heavy atom. The minimum absolute atomic E-state index is 0.209. The van der Waals surface area contributed by atoms with Gasteiger partial charge in [0.15, 0.2) is 0 Å². The van der Waals surface area contributed by atoms with Crippen LogP contribution in [0.25, 0.3) is 0 Å². The zero-order chi connectivity index (χ0) is 13.4. The average Bonchev–Trinajstić information content (AvgIpc) is 2.65. The van der Waals surface area contributed by atoms with E-state index in [1.165, 1.54) is 0 Å². The third kappa shape index (κ3) is 2.12. The summed E-state index contributed by atoms with van der Waals surface area (Å²) in [6.45, 7) is 8.82. The SMILES string of the molecule is CCCn1ncc(Br)c1C1(O)CCNCC1(C)C. The van der Waals surface area contributed by atoms with Crippen molar-refractivity contribution in [2.24, 2.45) is 5.41 Å². The smallest absolute Gasteiger partial charge is 0.115 e. The molecule has 1 aromatic rings. The highest BCUT2D eigenvalue weighted by Gasteiger charge is 2.49. The van der Waals surface area contributed by atoms with Crippen LogP contribution in [0.1, 0.15) is 39.3 Å². The van der Waals surface area contributed by atoms with Crippen LogP contribution in [0.5, 0.6) is 0 Å². The van der Waals surface area contributed by atoms with E-state index in [-0.39, 0.29) is 5.41 Å². The number of piperidine rings is 1. The van der Waals surface area contributed by atoms with Gasteiger partial charge in [-0.1, -0.05) is 20.8 Å². The molecule has 18 heavy (non-hydrogen) atoms. The fourth-order valence-electron chi connectivity index (χ4n) is 2.75. The number of aromatic nitrogens is 2. The normalized spacial score (nSPS) is 27.4. The first kappa shape index (κ1) is 14.0. The molecule has 0 amide bonds. The molecule has 0 saturated carbocycles. The molecule has 2 heterocycles. The molecule has 1 atom stereocenters. The molecular formula is C13H22BrN3O. The Balaban J connectivity index is 2.48. The van der Waals surface area contributed by atoms with E-state index in [9.17, 15) is 5.11 Å². The second kappa shape index (κ2) is 4.94. The first-order valence-corrected chi connectivity index (χ1v) is 7.36. The van der Waals surface area contributed by atoms with Gasteiger partial charge in [-0.2, -0.15) is 5.10 Å². The van der Waals surface area contributed by atoms with E-state index < -0.39 is 5.60 Å². The molecule has 2 rings (SSSR count). The predicted octanol–water partition coefficient (Wildman–Crippen LogP) is 2.26. The minimum atomic E-state index is -0.831. The van der Waals surface area contributed by atoms with Crippen molar-refractivity contribution in [2.75, 3.05) is 13.1 Å². The monoisotopic (exact) mass is 315 g/mol. The van der Waals surface area contributed by atoms with Crippen LogP contribution < -0.4 is 5.32 Å². The first-order chi connectivity index (χ1) is 8.42. The summed E-state index contributed by atoms with van der Waals surface area (Å²) in [7, 11) is 0. The van der Waals surface area contributed by atoms with Crippen LogP contribution in [-0.2, 0) is 12.1 Å². The van der Waals surface area contributed by atoms with Crippen LogP contribution in [0.3, 0.4) is 0 Å². The van der Waals surface area contributed by atoms with Gasteiger partial charge >= 0.3 is 0 Å². The second-order valence-corrected chi connectivity index (χ2v) is 6.59. The lowest BCUT2D eigenvalue weighted by Crippen LogP contribution is -2.54. The third-order valence-corrected chi connectivity index (χ3v) is 4.55. The van der Waals surface area contributed by atoms with Crippen LogP contribution in [-0.4, -0.2) is 28.0 Å². The number of nitrogens with one attached hydrogen (secondary N) is 1. The standard InChI is InChI=1S/C13H22BrN3O/c1-4-7-17-11(10(14)8-16-17)13(18)5-6-15-9-12(13,2)3/h8,15,18H,4-7,9H2,1-3H3. The number of rotatable bonds is 3. The highest BCUT2D eigenvalue weighted by molar-refractivity contribution is 9.10. The molecule has 1 aliphatic heterocycles. The number of aliphatic hydroxyl groups is 1. The van der Waals surface area contributed by atoms with Crippen LogP contribution in [0.4, 0.5) is 0 Å². The molecule has 0 aromatic carbocycles. The Bertz CT molecular complexity index is 430. The summed E-state index contributed by atoms with van der Waals surface area (Å²) >= 11 is 3.55. The molecule has 2 N–H and O–H groups in total. The summed E-state index contributed by atoms with van der Waals surface area (Å²) in [6, 6.07) is 0. The van der Waals surface area contributed by atoms with Crippen molar-refractivity contribution in [1.82, 2.24) is 15.1 Å². The van der Waals surface area contributed by atoms with Crippen LogP contribution in [0.2, 0.25) is 0 Å². The van der Waals surface area contributed by atoms with Crippen molar-refractivity contribution in [3.63, 3.8) is 0 Å². The van der Waals surface area contributed by atoms with Crippen molar-refractivity contribution < 1.29 is 5.11 Å². The van der Waals surface area contributed by atoms with Gasteiger partial charge in [0.2, 0.25) is 0 Å². The Hall–Kier alpha value is -0.390. The Kier molecular flexibility index (Phi) is 3.85. The number of nitrogens with zero attached hydrogens (tertiary/aromatic N) is 2. The number of hydrogen-bond donors (Lipinski definition) is 2. The van der Waals surface area contributed by atoms with Crippen LogP contribution in [0, 0.1) is 5.41 Å². The summed E-state index contributed by atoms with van der Waals surface area (Å²) in [6.07, 6.45) is 3.52. The fourth-order valence-corrected chi connectivity index (χ4v) is 3.37. The van der Waals surface area contributed by atoms with Gasteiger partial charge in [0.25, 0.3) is 0 Å². The van der Waals surface area contributed by atoms with E-state index >= 15 is 0 Å². The van der Waals surface area contributed by atoms with Crippen molar-refractivity contribution in [1.29, 1.82) is 0 Å². The lowest BCUT2D eigenvalue weighted by atomic mass is 9.69. The topological polar surface area (TPSA) is 50.1 Å². The van der Waals surface area contributed by atoms with Gasteiger partial charge in [-0.3, -0.25) is 4.68 Å². The molecule has 4 nitrogen and oxygen atoms in total. The number of aryl methyl sites for hydroxylation is 1. The first-order valence-electron chi connectivity index (χ1n) is 6.57. The highest BCUT2D eigenvalue weighted by atomic mass is 79.9. The fraction of sp³-hybridized carbons (Fsp3) is 0.769. The van der Waals surface area contributed by atoms with Crippen molar-refractivity contribution in [3.8, 4) is 0 Å². The van der Waals surface area contributed by atoms with Crippen molar-refractivity contribution in [3.05, 3.63) is 16.4 Å². The van der Waals surface area contributed by atoms with E-state index in [0.29, 0.717) is 6.42 Å². The van der Waals surface area contributed by atoms with E-state index in [0.717, 1.165) is 36.2 Å². The quantitative estimate of drug-likeness (QED) is 0.899. The van der Waals surface area contributed by atoms with Gasteiger partial charge in [0, 0.05) is 18.5 Å². The minimum Gasteiger partial charge on any atom is -0.383 e. The van der Waals surface area contributed by atoms with Crippen LogP contribution in [0.15, 0.2) is 10.7 Å². The lowest BCUT2D eigenvalue weighted by molar-refractivity contribution is -0.101. The molecule has 1 aromatic heterocycles. The van der Waals surface area contributed by atoms with Gasteiger partial charge in [-0.05, 0) is 35.3 Å². The van der Waals surface area contributed by atoms with Gasteiger partial charge in [-0.25, -0.2) is 0 Å². The van der Waals surface area contributed by atoms with Crippen molar-refractivity contribution in [2.45, 2.75) is 45.8 Å². The number of hydrogen-bond acceptors (Lipinski definition) is 3. The molecule has 0 spiro atoms. The Morgan fingerprint density at radius 3 is 2.89 bits per heavy atom. The molecule has 1 saturated heterocycles. The summed E-state index contributed by atoms with van der Waals surface area (Å²) in [5.41, 5.74) is -0.113. The summed E-state index contributed by atoms with van der Waals surface area (Å²) in [5, 5.41) is 19.0. The van der Waals surface area contributed by atoms with E-state index in [1.807, 2.05) is 4.68 Å². The molecule has 5 heteroatoms. The average molecular weight is 316 g/mol. The van der Waals surface area contributed by atoms with Gasteiger partial charge in [0.1, 0.15) is 5.60 Å². The molecule has 1 fully saturated rings. The molecular weight excluding hydrogens is 294 g/mol. The van der Waals surface area contributed by atoms with Gasteiger partial charge in [0.05, 0.1) is 16.4 Å². The lowest BCUT2D eigenvalue weighted by Gasteiger charge is -2.47. The summed E-state index contributed by atoms with van der Waals surface area (Å²) in [5.74, 6) is 0. The zero-order valence-corrected chi connectivity index (χ0v) is 12.9. The summed E-state index contributed by atoms with van der Waals surface area (Å²) < 4.78 is 2.85. The third-order valence-electron chi connectivity index (χ3n) is 3.97. The maximum Gasteiger partial charge on any atom is 0.115 e. The van der Waals surface area contributed by atoms with Gasteiger partial charge < -0.3 is 10.4 Å². The maximum absolute atomic E-state index is 11.2. The number of halogens is 1. The molecule has 1 unspecified atom stereocenters. The molecule has 0 aliphatic carbocycles. The maximum atomic E-state index is 11.2. The largest absolute Gasteiger partial charge is 0.383 e. The molecule has 102 valence electrons. The molecule has 0 bridgehead atoms. The highest BCUT2D eigenvalue weighted by Crippen LogP contribution is 2.46. The Morgan fingerprint density at radius 1 is 1.56 bits per heavy atom. The molecule has 0 radical (unpaired) electrons. The van der Waals surface area contributed by atoms with Crippen LogP contribution >= 0.6 is 15.9 Å². The zero-order valence-electron chi connectivity index (χ0n) is 11.3. The predicted molar refractivity (Wildman–Crippen MR) is 75.4 cm³/mol. The van der Waals surface area contributed by atoms with E-state index in [2.05, 4.69) is 47.1 Å².